The molecule has 6 heteroatoms. The van der Waals surface area contributed by atoms with Gasteiger partial charge in [-0.3, -0.25) is 10.1 Å². The van der Waals surface area contributed by atoms with Gasteiger partial charge in [0.25, 0.3) is 0 Å². The lowest BCUT2D eigenvalue weighted by molar-refractivity contribution is -0.384. The SMILES string of the molecule is C=C/C(=C\C=C(C)C)Nc1nc(Cl)ccc1[N+](=O)[O-]. The van der Waals surface area contributed by atoms with Gasteiger partial charge in [0.15, 0.2) is 0 Å². The topological polar surface area (TPSA) is 68.1 Å². The quantitative estimate of drug-likeness (QED) is 0.381. The van der Waals surface area contributed by atoms with Crippen LogP contribution in [-0.4, -0.2) is 9.91 Å². The van der Waals surface area contributed by atoms with Crippen molar-refractivity contribution in [1.29, 1.82) is 0 Å². The molecule has 1 N–H and O–H groups in total. The van der Waals surface area contributed by atoms with Crippen molar-refractivity contribution < 1.29 is 4.92 Å². The Bertz CT molecular complexity index is 561. The van der Waals surface area contributed by atoms with Gasteiger partial charge >= 0.3 is 5.69 Å². The Morgan fingerprint density at radius 2 is 2.16 bits per heavy atom. The summed E-state index contributed by atoms with van der Waals surface area (Å²) >= 11 is 5.74. The van der Waals surface area contributed by atoms with Gasteiger partial charge in [-0.15, -0.1) is 0 Å². The monoisotopic (exact) mass is 279 g/mol. The molecule has 0 unspecified atom stereocenters. The van der Waals surface area contributed by atoms with Crippen LogP contribution in [0.15, 0.2) is 48.2 Å². The van der Waals surface area contributed by atoms with Crippen LogP contribution >= 0.6 is 11.6 Å². The van der Waals surface area contributed by atoms with Crippen LogP contribution < -0.4 is 5.32 Å². The number of hydrogen-bond donors (Lipinski definition) is 1. The van der Waals surface area contributed by atoms with Crippen LogP contribution in [0.5, 0.6) is 0 Å². The Morgan fingerprint density at radius 3 is 2.68 bits per heavy atom. The summed E-state index contributed by atoms with van der Waals surface area (Å²) < 4.78 is 0. The third kappa shape index (κ3) is 4.56. The van der Waals surface area contributed by atoms with E-state index in [0.717, 1.165) is 5.57 Å². The molecule has 0 radical (unpaired) electrons. The average Bonchev–Trinajstić information content (AvgIpc) is 2.33. The summed E-state index contributed by atoms with van der Waals surface area (Å²) in [5.74, 6) is 0.0887. The zero-order valence-corrected chi connectivity index (χ0v) is 11.4. The molecule has 0 fully saturated rings. The molecule has 1 heterocycles. The summed E-state index contributed by atoms with van der Waals surface area (Å²) in [6.45, 7) is 7.52. The first-order valence-electron chi connectivity index (χ1n) is 5.49. The van der Waals surface area contributed by atoms with E-state index in [9.17, 15) is 10.1 Å². The second-order valence-corrected chi connectivity index (χ2v) is 4.34. The second kappa shape index (κ2) is 6.70. The van der Waals surface area contributed by atoms with Crippen molar-refractivity contribution in [1.82, 2.24) is 4.98 Å². The molecule has 0 saturated carbocycles. The first-order chi connectivity index (χ1) is 8.93. The normalized spacial score (nSPS) is 10.8. The molecule has 0 aliphatic heterocycles. The summed E-state index contributed by atoms with van der Waals surface area (Å²) in [4.78, 5) is 14.3. The van der Waals surface area contributed by atoms with Crippen LogP contribution in [0.2, 0.25) is 5.15 Å². The summed E-state index contributed by atoms with van der Waals surface area (Å²) in [5, 5.41) is 13.9. The standard InChI is InChI=1S/C13H14ClN3O2/c1-4-10(6-5-9(2)3)15-13-11(17(18)19)7-8-12(14)16-13/h4-8H,1H2,2-3H3,(H,15,16)/b10-6+. The third-order valence-corrected chi connectivity index (χ3v) is 2.33. The van der Waals surface area contributed by atoms with Crippen molar-refractivity contribution in [2.24, 2.45) is 0 Å². The number of nitrogens with zero attached hydrogens (tertiary/aromatic N) is 2. The molecule has 0 amide bonds. The molecule has 19 heavy (non-hydrogen) atoms. The maximum Gasteiger partial charge on any atom is 0.311 e. The summed E-state index contributed by atoms with van der Waals surface area (Å²) in [6.07, 6.45) is 5.17. The average molecular weight is 280 g/mol. The fourth-order valence-corrected chi connectivity index (χ4v) is 1.37. The predicted molar refractivity (Wildman–Crippen MR) is 77.2 cm³/mol. The van der Waals surface area contributed by atoms with Crippen LogP contribution in [0.1, 0.15) is 13.8 Å². The lowest BCUT2D eigenvalue weighted by Gasteiger charge is -2.06. The number of rotatable bonds is 5. The highest BCUT2D eigenvalue weighted by Gasteiger charge is 2.15. The van der Waals surface area contributed by atoms with E-state index < -0.39 is 4.92 Å². The number of hydrogen-bond acceptors (Lipinski definition) is 4. The number of allylic oxidation sites excluding steroid dienone is 4. The number of aromatic nitrogens is 1. The van der Waals surface area contributed by atoms with Gasteiger partial charge in [-0.1, -0.05) is 29.8 Å². The zero-order valence-electron chi connectivity index (χ0n) is 10.7. The number of anilines is 1. The number of nitro groups is 1. The highest BCUT2D eigenvalue weighted by molar-refractivity contribution is 6.29. The van der Waals surface area contributed by atoms with Crippen molar-refractivity contribution in [3.05, 3.63) is 63.5 Å². The molecule has 0 aliphatic carbocycles. The van der Waals surface area contributed by atoms with Gasteiger partial charge in [-0.25, -0.2) is 4.98 Å². The molecule has 100 valence electrons. The molecule has 0 aliphatic rings. The molecule has 1 aromatic rings. The highest BCUT2D eigenvalue weighted by Crippen LogP contribution is 2.25. The van der Waals surface area contributed by atoms with Crippen molar-refractivity contribution >= 4 is 23.1 Å². The molecule has 1 rings (SSSR count). The summed E-state index contributed by atoms with van der Waals surface area (Å²) in [5.41, 5.74) is 1.54. The van der Waals surface area contributed by atoms with Gasteiger partial charge in [0.05, 0.1) is 4.92 Å². The van der Waals surface area contributed by atoms with Crippen molar-refractivity contribution in [3.8, 4) is 0 Å². The largest absolute Gasteiger partial charge is 0.334 e. The van der Waals surface area contributed by atoms with Crippen molar-refractivity contribution in [3.63, 3.8) is 0 Å². The lowest BCUT2D eigenvalue weighted by Crippen LogP contribution is -2.03. The maximum atomic E-state index is 10.9. The molecular formula is C13H14ClN3O2. The van der Waals surface area contributed by atoms with Crippen LogP contribution in [-0.2, 0) is 0 Å². The molecule has 0 atom stereocenters. The van der Waals surface area contributed by atoms with Crippen molar-refractivity contribution in [2.45, 2.75) is 13.8 Å². The van der Waals surface area contributed by atoms with E-state index in [1.165, 1.54) is 12.1 Å². The Labute approximate surface area is 116 Å². The zero-order chi connectivity index (χ0) is 14.4. The second-order valence-electron chi connectivity index (χ2n) is 3.95. The minimum absolute atomic E-state index is 0.0887. The van der Waals surface area contributed by atoms with Gasteiger partial charge in [-0.05, 0) is 32.1 Å². The molecule has 0 aromatic carbocycles. The van der Waals surface area contributed by atoms with E-state index in [2.05, 4.69) is 16.9 Å². The highest BCUT2D eigenvalue weighted by atomic mass is 35.5. The van der Waals surface area contributed by atoms with E-state index in [4.69, 9.17) is 11.6 Å². The molecule has 0 bridgehead atoms. The minimum atomic E-state index is -0.521. The fraction of sp³-hybridized carbons (Fsp3) is 0.154. The van der Waals surface area contributed by atoms with E-state index in [-0.39, 0.29) is 16.7 Å². The third-order valence-electron chi connectivity index (χ3n) is 2.12. The number of halogens is 1. The maximum absolute atomic E-state index is 10.9. The van der Waals surface area contributed by atoms with Gasteiger partial charge in [0.2, 0.25) is 5.82 Å². The van der Waals surface area contributed by atoms with Crippen LogP contribution in [0.3, 0.4) is 0 Å². The summed E-state index contributed by atoms with van der Waals surface area (Å²) in [7, 11) is 0. The van der Waals surface area contributed by atoms with E-state index in [1.807, 2.05) is 19.9 Å². The Hall–Kier alpha value is -2.14. The Kier molecular flexibility index (Phi) is 5.26. The predicted octanol–water partition coefficient (Wildman–Crippen LogP) is 4.09. The van der Waals surface area contributed by atoms with Gasteiger partial charge < -0.3 is 5.32 Å². The van der Waals surface area contributed by atoms with Gasteiger partial charge in [-0.2, -0.15) is 0 Å². The molecule has 0 spiro atoms. The fourth-order valence-electron chi connectivity index (χ4n) is 1.22. The van der Waals surface area contributed by atoms with E-state index in [1.54, 1.807) is 12.2 Å². The Balaban J connectivity index is 3.13. The Morgan fingerprint density at radius 1 is 1.47 bits per heavy atom. The smallest absolute Gasteiger partial charge is 0.311 e. The minimum Gasteiger partial charge on any atom is -0.334 e. The molecule has 1 aromatic heterocycles. The molecule has 0 saturated heterocycles. The molecule has 5 nitrogen and oxygen atoms in total. The van der Waals surface area contributed by atoms with Crippen LogP contribution in [0.4, 0.5) is 11.5 Å². The number of pyridine rings is 1. The first-order valence-corrected chi connectivity index (χ1v) is 5.87. The van der Waals surface area contributed by atoms with E-state index >= 15 is 0 Å². The van der Waals surface area contributed by atoms with Gasteiger partial charge in [0, 0.05) is 11.8 Å². The van der Waals surface area contributed by atoms with E-state index in [0.29, 0.717) is 5.70 Å². The van der Waals surface area contributed by atoms with Gasteiger partial charge in [0.1, 0.15) is 5.15 Å². The number of nitrogens with one attached hydrogen (secondary N) is 1. The lowest BCUT2D eigenvalue weighted by atomic mass is 10.2. The van der Waals surface area contributed by atoms with Crippen molar-refractivity contribution in [2.75, 3.05) is 5.32 Å². The van der Waals surface area contributed by atoms with Crippen LogP contribution in [0.25, 0.3) is 0 Å². The molecular weight excluding hydrogens is 266 g/mol. The van der Waals surface area contributed by atoms with Crippen LogP contribution in [0, 0.1) is 10.1 Å². The summed E-state index contributed by atoms with van der Waals surface area (Å²) in [6, 6.07) is 2.68. The first kappa shape index (κ1) is 14.9.